The summed E-state index contributed by atoms with van der Waals surface area (Å²) in [6.45, 7) is 3.01. The molecule has 0 aromatic rings. The molecule has 1 fully saturated rings. The first kappa shape index (κ1) is 44.6. The van der Waals surface area contributed by atoms with E-state index in [0.29, 0.717) is 12.8 Å². The van der Waals surface area contributed by atoms with Crippen LogP contribution in [-0.2, 0) is 28.9 Å². The lowest BCUT2D eigenvalue weighted by atomic mass is 9.99. The fourth-order valence-corrected chi connectivity index (χ4v) is 5.93. The number of aliphatic hydroxyl groups excluding tert-OH is 5. The Morgan fingerprint density at radius 3 is 1.96 bits per heavy atom. The van der Waals surface area contributed by atoms with Crippen molar-refractivity contribution in [2.75, 3.05) is 13.2 Å². The summed E-state index contributed by atoms with van der Waals surface area (Å²) in [7, 11) is -5.11. The number of carbonyl (C=O) groups excluding carboxylic acids is 1. The van der Waals surface area contributed by atoms with Crippen LogP contribution in [0.15, 0.2) is 24.3 Å². The van der Waals surface area contributed by atoms with Crippen molar-refractivity contribution in [3.63, 3.8) is 0 Å². The number of carbonyl (C=O) groups is 1. The van der Waals surface area contributed by atoms with Gasteiger partial charge in [-0.15, -0.1) is 0 Å². The van der Waals surface area contributed by atoms with Crippen LogP contribution in [0.2, 0.25) is 0 Å². The van der Waals surface area contributed by atoms with Crippen LogP contribution < -0.4 is 5.32 Å². The highest BCUT2D eigenvalue weighted by Gasteiger charge is 2.48. The van der Waals surface area contributed by atoms with Gasteiger partial charge in [0.1, 0.15) is 30.5 Å². The molecule has 0 saturated carbocycles. The zero-order valence-electron chi connectivity index (χ0n) is 28.9. The molecule has 0 aromatic carbocycles. The van der Waals surface area contributed by atoms with Gasteiger partial charge in [-0.1, -0.05) is 122 Å². The van der Waals surface area contributed by atoms with E-state index in [0.717, 1.165) is 38.5 Å². The van der Waals surface area contributed by atoms with E-state index in [4.69, 9.17) is 14.0 Å². The minimum atomic E-state index is -5.11. The van der Waals surface area contributed by atoms with Gasteiger partial charge in [-0.05, 0) is 25.7 Å². The summed E-state index contributed by atoms with van der Waals surface area (Å²) in [5.41, 5.74) is 0. The number of nitrogens with one attached hydrogen (secondary N) is 1. The second kappa shape index (κ2) is 26.4. The molecule has 1 aliphatic heterocycles. The molecule has 7 N–H and O–H groups in total. The van der Waals surface area contributed by atoms with Gasteiger partial charge in [-0.25, -0.2) is 4.18 Å². The van der Waals surface area contributed by atoms with E-state index < -0.39 is 78.5 Å². The Bertz CT molecular complexity index is 995. The molecule has 0 radical (unpaired) electrons. The molecular weight excluding hydrogens is 646 g/mol. The van der Waals surface area contributed by atoms with Gasteiger partial charge in [0.25, 0.3) is 0 Å². The number of hydrogen-bond donors (Lipinski definition) is 7. The van der Waals surface area contributed by atoms with Crippen molar-refractivity contribution in [1.82, 2.24) is 5.32 Å². The van der Waals surface area contributed by atoms with Crippen LogP contribution in [0.25, 0.3) is 0 Å². The molecule has 1 heterocycles. The zero-order valence-corrected chi connectivity index (χ0v) is 29.7. The Hall–Kier alpha value is -1.46. The summed E-state index contributed by atoms with van der Waals surface area (Å²) in [6, 6.07) is -1.13. The minimum absolute atomic E-state index is 0.238. The Morgan fingerprint density at radius 1 is 0.833 bits per heavy atom. The molecule has 1 rings (SSSR count). The van der Waals surface area contributed by atoms with Gasteiger partial charge in [0, 0.05) is 0 Å². The number of allylic oxidation sites excluding steroid dienone is 3. The molecule has 0 aliphatic carbocycles. The van der Waals surface area contributed by atoms with Crippen LogP contribution in [-0.4, -0.2) is 107 Å². The monoisotopic (exact) mass is 709 g/mol. The molecule has 1 aliphatic rings. The van der Waals surface area contributed by atoms with Gasteiger partial charge in [0.05, 0.1) is 25.4 Å². The average Bonchev–Trinajstić information content (AvgIpc) is 3.05. The number of hydrogen-bond acceptors (Lipinski definition) is 11. The molecule has 1 saturated heterocycles. The fourth-order valence-electron chi connectivity index (χ4n) is 5.42. The molecule has 1 amide bonds. The van der Waals surface area contributed by atoms with E-state index in [-0.39, 0.29) is 6.42 Å². The number of unbranched alkanes of at least 4 members (excludes halogenated alkanes) is 13. The van der Waals surface area contributed by atoms with E-state index >= 15 is 0 Å². The first-order chi connectivity index (χ1) is 22.9. The smallest absolute Gasteiger partial charge is 0.394 e. The maximum Gasteiger partial charge on any atom is 0.397 e. The summed E-state index contributed by atoms with van der Waals surface area (Å²) in [4.78, 5) is 12.9. The fraction of sp³-hybridized carbons (Fsp3) is 0.853. The molecule has 8 atom stereocenters. The number of aliphatic hydroxyl groups is 5. The normalized spacial score (nSPS) is 23.9. The molecule has 0 spiro atoms. The Balaban J connectivity index is 2.72. The topological polar surface area (TPSA) is 212 Å². The van der Waals surface area contributed by atoms with Crippen molar-refractivity contribution in [2.45, 2.75) is 172 Å². The largest absolute Gasteiger partial charge is 0.397 e. The molecule has 8 unspecified atom stereocenters. The highest BCUT2D eigenvalue weighted by molar-refractivity contribution is 7.80. The van der Waals surface area contributed by atoms with Gasteiger partial charge in [-0.3, -0.25) is 9.35 Å². The molecule has 13 nitrogen and oxygen atoms in total. The number of amides is 1. The summed E-state index contributed by atoms with van der Waals surface area (Å²) in [5.74, 6) is -0.719. The van der Waals surface area contributed by atoms with Gasteiger partial charge in [0.2, 0.25) is 5.91 Å². The second-order valence-corrected chi connectivity index (χ2v) is 13.6. The third-order valence-electron chi connectivity index (χ3n) is 8.32. The highest BCUT2D eigenvalue weighted by atomic mass is 32.3. The molecule has 48 heavy (non-hydrogen) atoms. The number of rotatable bonds is 28. The first-order valence-corrected chi connectivity index (χ1v) is 19.2. The van der Waals surface area contributed by atoms with Crippen LogP contribution in [0, 0.1) is 0 Å². The van der Waals surface area contributed by atoms with Gasteiger partial charge >= 0.3 is 10.4 Å². The Kier molecular flexibility index (Phi) is 24.5. The van der Waals surface area contributed by atoms with Crippen LogP contribution in [0.1, 0.15) is 123 Å². The maximum atomic E-state index is 12.9. The van der Waals surface area contributed by atoms with E-state index in [1.807, 2.05) is 6.08 Å². The summed E-state index contributed by atoms with van der Waals surface area (Å²) in [6.07, 6.45) is 13.3. The predicted octanol–water partition coefficient (Wildman–Crippen LogP) is 3.62. The molecule has 0 bridgehead atoms. The SMILES string of the molecule is CCC/C=C/CC/C=C/C(O)C(COC1OC(CO)C(O)C(OS(=O)(=O)O)C1O)NC(=O)C(O)CCCCCCCCCCCCCC. The van der Waals surface area contributed by atoms with Crippen molar-refractivity contribution in [3.05, 3.63) is 24.3 Å². The van der Waals surface area contributed by atoms with Crippen molar-refractivity contribution in [2.24, 2.45) is 0 Å². The summed E-state index contributed by atoms with van der Waals surface area (Å²) < 4.78 is 47.0. The minimum Gasteiger partial charge on any atom is -0.394 e. The van der Waals surface area contributed by atoms with Crippen molar-refractivity contribution >= 4 is 16.3 Å². The third kappa shape index (κ3) is 19.7. The van der Waals surface area contributed by atoms with Crippen LogP contribution >= 0.6 is 0 Å². The van der Waals surface area contributed by atoms with E-state index in [1.165, 1.54) is 57.4 Å². The van der Waals surface area contributed by atoms with E-state index in [2.05, 4.69) is 29.4 Å². The van der Waals surface area contributed by atoms with Crippen molar-refractivity contribution < 1.29 is 57.0 Å². The standard InChI is InChI=1S/C34H63NO12S/c1-3-5-7-9-11-12-13-14-15-17-19-21-23-28(38)33(41)35-26(27(37)22-20-18-16-10-8-6-4-2)25-45-34-31(40)32(47-48(42,43)44)30(39)29(24-36)46-34/h8,10,20,22,26-32,34,36-40H,3-7,9,11-19,21,23-25H2,1-2H3,(H,35,41)(H,42,43,44)/b10-8+,22-20+. The highest BCUT2D eigenvalue weighted by Crippen LogP contribution is 2.26. The lowest BCUT2D eigenvalue weighted by Gasteiger charge is -2.41. The predicted molar refractivity (Wildman–Crippen MR) is 182 cm³/mol. The molecule has 0 aromatic heterocycles. The zero-order chi connectivity index (χ0) is 35.8. The number of ether oxygens (including phenoxy) is 2. The molecule has 14 heteroatoms. The molecule has 282 valence electrons. The maximum absolute atomic E-state index is 12.9. The summed E-state index contributed by atoms with van der Waals surface area (Å²) >= 11 is 0. The Morgan fingerprint density at radius 2 is 1.40 bits per heavy atom. The van der Waals surface area contributed by atoms with Gasteiger partial charge < -0.3 is 40.3 Å². The summed E-state index contributed by atoms with van der Waals surface area (Å²) in [5, 5.41) is 54.5. The average molecular weight is 710 g/mol. The van der Waals surface area contributed by atoms with Crippen LogP contribution in [0.3, 0.4) is 0 Å². The molecular formula is C34H63NO12S. The van der Waals surface area contributed by atoms with Crippen molar-refractivity contribution in [1.29, 1.82) is 0 Å². The van der Waals surface area contributed by atoms with E-state index in [9.17, 15) is 38.7 Å². The van der Waals surface area contributed by atoms with Crippen LogP contribution in [0.4, 0.5) is 0 Å². The second-order valence-electron chi connectivity index (χ2n) is 12.6. The third-order valence-corrected chi connectivity index (χ3v) is 8.79. The first-order valence-electron chi connectivity index (χ1n) is 17.8. The lowest BCUT2D eigenvalue weighted by Crippen LogP contribution is -2.61. The van der Waals surface area contributed by atoms with Crippen LogP contribution in [0.5, 0.6) is 0 Å². The lowest BCUT2D eigenvalue weighted by molar-refractivity contribution is -0.298. The quantitative estimate of drug-likeness (QED) is 0.0353. The van der Waals surface area contributed by atoms with Crippen molar-refractivity contribution in [3.8, 4) is 0 Å². The Labute approximate surface area is 287 Å². The van der Waals surface area contributed by atoms with Gasteiger partial charge in [0.15, 0.2) is 6.29 Å². The van der Waals surface area contributed by atoms with Gasteiger partial charge in [-0.2, -0.15) is 8.42 Å². The van der Waals surface area contributed by atoms with E-state index in [1.54, 1.807) is 6.08 Å².